The van der Waals surface area contributed by atoms with Crippen LogP contribution in [0.1, 0.15) is 63.8 Å². The predicted octanol–water partition coefficient (Wildman–Crippen LogP) is 5.69. The standard InChI is InChI=1S/C27H34N2O4/c1-26(2,3)19-11-17(12-20(14-19)27(4,5)6)16-33-25(32)29-23(24(30)31)13-18-15-28-22-10-8-7-9-21(18)22/h7-12,14-15,23,28H,13,16H2,1-6H3,(H,29,32)(H,30,31)/t23-/m0/s1. The van der Waals surface area contributed by atoms with Crippen LogP contribution in [0.5, 0.6) is 0 Å². The van der Waals surface area contributed by atoms with E-state index in [2.05, 4.69) is 57.9 Å². The second kappa shape index (κ2) is 9.30. The van der Waals surface area contributed by atoms with Crippen molar-refractivity contribution in [1.82, 2.24) is 10.3 Å². The second-order valence-corrected chi connectivity index (χ2v) is 10.6. The van der Waals surface area contributed by atoms with Gasteiger partial charge in [-0.25, -0.2) is 9.59 Å². The van der Waals surface area contributed by atoms with Crippen molar-refractivity contribution in [2.45, 2.75) is 71.4 Å². The average Bonchev–Trinajstić information content (AvgIpc) is 3.13. The molecule has 33 heavy (non-hydrogen) atoms. The molecule has 1 heterocycles. The normalized spacial score (nSPS) is 13.0. The van der Waals surface area contributed by atoms with Crippen molar-refractivity contribution in [2.24, 2.45) is 0 Å². The van der Waals surface area contributed by atoms with Gasteiger partial charge in [-0.3, -0.25) is 0 Å². The number of carboxylic acids is 1. The summed E-state index contributed by atoms with van der Waals surface area (Å²) in [5.41, 5.74) is 4.86. The lowest BCUT2D eigenvalue weighted by molar-refractivity contribution is -0.139. The SMILES string of the molecule is CC(C)(C)c1cc(COC(=O)N[C@@H](Cc2c[nH]c3ccccc23)C(=O)O)cc(C(C)(C)C)c1. The van der Waals surface area contributed by atoms with E-state index in [1.165, 1.54) is 0 Å². The summed E-state index contributed by atoms with van der Waals surface area (Å²) in [5, 5.41) is 13.1. The van der Waals surface area contributed by atoms with E-state index in [4.69, 9.17) is 4.74 Å². The first-order valence-corrected chi connectivity index (χ1v) is 11.2. The Hall–Kier alpha value is -3.28. The van der Waals surface area contributed by atoms with Crippen LogP contribution in [0.25, 0.3) is 10.9 Å². The topological polar surface area (TPSA) is 91.4 Å². The van der Waals surface area contributed by atoms with Gasteiger partial charge in [0.05, 0.1) is 0 Å². The molecule has 6 heteroatoms. The number of carboxylic acid groups (broad SMARTS) is 1. The van der Waals surface area contributed by atoms with E-state index in [0.29, 0.717) is 0 Å². The van der Waals surface area contributed by atoms with Gasteiger partial charge in [0.25, 0.3) is 0 Å². The van der Waals surface area contributed by atoms with Crippen molar-refractivity contribution < 1.29 is 19.4 Å². The number of para-hydroxylation sites is 1. The molecule has 2 aromatic carbocycles. The highest BCUT2D eigenvalue weighted by atomic mass is 16.5. The number of ether oxygens (including phenoxy) is 1. The largest absolute Gasteiger partial charge is 0.480 e. The van der Waals surface area contributed by atoms with Crippen LogP contribution >= 0.6 is 0 Å². The molecule has 1 atom stereocenters. The Bertz CT molecular complexity index is 1120. The summed E-state index contributed by atoms with van der Waals surface area (Å²) in [6.07, 6.45) is 1.18. The van der Waals surface area contributed by atoms with E-state index < -0.39 is 18.1 Å². The van der Waals surface area contributed by atoms with Gasteiger partial charge in [-0.2, -0.15) is 0 Å². The van der Waals surface area contributed by atoms with Crippen molar-refractivity contribution in [1.29, 1.82) is 0 Å². The van der Waals surface area contributed by atoms with Crippen molar-refractivity contribution >= 4 is 23.0 Å². The van der Waals surface area contributed by atoms with Gasteiger partial charge in [0, 0.05) is 23.5 Å². The molecule has 1 aromatic heterocycles. The Morgan fingerprint density at radius 2 is 1.61 bits per heavy atom. The van der Waals surface area contributed by atoms with Gasteiger partial charge in [-0.1, -0.05) is 77.9 Å². The first-order valence-electron chi connectivity index (χ1n) is 11.2. The highest BCUT2D eigenvalue weighted by molar-refractivity contribution is 5.85. The number of benzene rings is 2. The van der Waals surface area contributed by atoms with E-state index in [1.54, 1.807) is 6.20 Å². The van der Waals surface area contributed by atoms with Gasteiger partial charge in [0.2, 0.25) is 0 Å². The fraction of sp³-hybridized carbons (Fsp3) is 0.407. The molecule has 0 saturated heterocycles. The third-order valence-corrected chi connectivity index (χ3v) is 5.78. The van der Waals surface area contributed by atoms with Crippen LogP contribution in [0, 0.1) is 0 Å². The molecule has 1 amide bonds. The number of H-pyrrole nitrogens is 1. The quantitative estimate of drug-likeness (QED) is 0.450. The van der Waals surface area contributed by atoms with E-state index in [9.17, 15) is 14.7 Å². The number of amides is 1. The molecule has 0 unspecified atom stereocenters. The zero-order valence-electron chi connectivity index (χ0n) is 20.3. The Labute approximate surface area is 195 Å². The molecule has 6 nitrogen and oxygen atoms in total. The minimum Gasteiger partial charge on any atom is -0.480 e. The Balaban J connectivity index is 1.71. The van der Waals surface area contributed by atoms with Crippen molar-refractivity contribution in [3.8, 4) is 0 Å². The van der Waals surface area contributed by atoms with Crippen molar-refractivity contribution in [2.75, 3.05) is 0 Å². The lowest BCUT2D eigenvalue weighted by Crippen LogP contribution is -2.42. The van der Waals surface area contributed by atoms with Gasteiger partial charge < -0.3 is 20.1 Å². The maximum absolute atomic E-state index is 12.5. The molecule has 0 bridgehead atoms. The summed E-state index contributed by atoms with van der Waals surface area (Å²) >= 11 is 0. The predicted molar refractivity (Wildman–Crippen MR) is 131 cm³/mol. The maximum Gasteiger partial charge on any atom is 0.408 e. The molecule has 0 radical (unpaired) electrons. The Morgan fingerprint density at radius 3 is 2.18 bits per heavy atom. The molecular formula is C27H34N2O4. The molecule has 0 aliphatic rings. The van der Waals surface area contributed by atoms with E-state index in [-0.39, 0.29) is 23.9 Å². The molecule has 0 saturated carbocycles. The van der Waals surface area contributed by atoms with Gasteiger partial charge in [0.15, 0.2) is 0 Å². The van der Waals surface area contributed by atoms with Crippen LogP contribution in [0.4, 0.5) is 4.79 Å². The number of nitrogens with one attached hydrogen (secondary N) is 2. The number of hydrogen-bond donors (Lipinski definition) is 3. The highest BCUT2D eigenvalue weighted by Gasteiger charge is 2.24. The summed E-state index contributed by atoms with van der Waals surface area (Å²) in [6.45, 7) is 13.0. The average molecular weight is 451 g/mol. The Morgan fingerprint density at radius 1 is 1.00 bits per heavy atom. The van der Waals surface area contributed by atoms with Crippen LogP contribution in [-0.4, -0.2) is 28.2 Å². The molecule has 3 rings (SSSR count). The van der Waals surface area contributed by atoms with Crippen LogP contribution in [0.15, 0.2) is 48.7 Å². The molecule has 176 valence electrons. The van der Waals surface area contributed by atoms with Gasteiger partial charge in [-0.05, 0) is 39.2 Å². The molecule has 3 aromatic rings. The van der Waals surface area contributed by atoms with Crippen molar-refractivity contribution in [3.63, 3.8) is 0 Å². The van der Waals surface area contributed by atoms with Crippen LogP contribution < -0.4 is 5.32 Å². The molecule has 0 aliphatic heterocycles. The number of aromatic amines is 1. The number of alkyl carbamates (subject to hydrolysis) is 1. The summed E-state index contributed by atoms with van der Waals surface area (Å²) in [7, 11) is 0. The first-order chi connectivity index (χ1) is 15.3. The summed E-state index contributed by atoms with van der Waals surface area (Å²) in [5.74, 6) is -1.11. The smallest absolute Gasteiger partial charge is 0.408 e. The lowest BCUT2D eigenvalue weighted by Gasteiger charge is -2.26. The summed E-state index contributed by atoms with van der Waals surface area (Å²) in [6, 6.07) is 12.8. The highest BCUT2D eigenvalue weighted by Crippen LogP contribution is 2.30. The van der Waals surface area contributed by atoms with E-state index in [1.807, 2.05) is 36.4 Å². The molecule has 0 fully saturated rings. The first kappa shape index (κ1) is 24.4. The zero-order chi connectivity index (χ0) is 24.4. The number of fused-ring (bicyclic) bond motifs is 1. The Kier molecular flexibility index (Phi) is 6.86. The number of aliphatic carboxylic acids is 1. The van der Waals surface area contributed by atoms with Gasteiger partial charge in [-0.15, -0.1) is 0 Å². The monoisotopic (exact) mass is 450 g/mol. The minimum atomic E-state index is -1.11. The zero-order valence-corrected chi connectivity index (χ0v) is 20.3. The fourth-order valence-electron chi connectivity index (χ4n) is 3.69. The van der Waals surface area contributed by atoms with Crippen molar-refractivity contribution in [3.05, 3.63) is 70.9 Å². The number of carbonyl (C=O) groups excluding carboxylic acids is 1. The van der Waals surface area contributed by atoms with Crippen LogP contribution in [0.3, 0.4) is 0 Å². The van der Waals surface area contributed by atoms with Gasteiger partial charge in [0.1, 0.15) is 12.6 Å². The van der Waals surface area contributed by atoms with Crippen LogP contribution in [0.2, 0.25) is 0 Å². The van der Waals surface area contributed by atoms with Crippen LogP contribution in [-0.2, 0) is 33.4 Å². The number of rotatable bonds is 6. The molecular weight excluding hydrogens is 416 g/mol. The third-order valence-electron chi connectivity index (χ3n) is 5.78. The van der Waals surface area contributed by atoms with E-state index >= 15 is 0 Å². The summed E-state index contributed by atoms with van der Waals surface area (Å²) < 4.78 is 5.43. The molecule has 0 aliphatic carbocycles. The number of carbonyl (C=O) groups is 2. The molecule has 0 spiro atoms. The summed E-state index contributed by atoms with van der Waals surface area (Å²) in [4.78, 5) is 27.4. The number of hydrogen-bond acceptors (Lipinski definition) is 3. The van der Waals surface area contributed by atoms with E-state index in [0.717, 1.165) is 33.2 Å². The number of aromatic nitrogens is 1. The van der Waals surface area contributed by atoms with Gasteiger partial charge >= 0.3 is 12.1 Å². The lowest BCUT2D eigenvalue weighted by atomic mass is 9.79. The fourth-order valence-corrected chi connectivity index (χ4v) is 3.69. The second-order valence-electron chi connectivity index (χ2n) is 10.6. The maximum atomic E-state index is 12.5. The third kappa shape index (κ3) is 6.15. The molecule has 3 N–H and O–H groups in total. The minimum absolute atomic E-state index is 0.0496.